The summed E-state index contributed by atoms with van der Waals surface area (Å²) < 4.78 is 1.32. The van der Waals surface area contributed by atoms with Gasteiger partial charge in [-0.05, 0) is 34.0 Å². The van der Waals surface area contributed by atoms with Crippen molar-refractivity contribution in [2.45, 2.75) is 13.1 Å². The van der Waals surface area contributed by atoms with Crippen molar-refractivity contribution >= 4 is 17.2 Å². The average molecular weight is 339 g/mol. The number of hydrogen-bond acceptors (Lipinski definition) is 4. The molecule has 2 aromatic heterocycles. The minimum Gasteiger partial charge on any atom is -0.336 e. The maximum Gasteiger partial charge on any atom is 0.274 e. The number of rotatable bonds is 5. The quantitative estimate of drug-likeness (QED) is 0.718. The standard InChI is InChI=1S/C18H17N3O2S/c1-20(11-15-9-10-24-13-15)18(23)16-7-8-17(22)21(19-16)12-14-5-3-2-4-6-14/h2-10,13H,11-12H2,1H3. The SMILES string of the molecule is CN(Cc1ccsc1)C(=O)c1ccc(=O)n(Cc2ccccc2)n1. The summed E-state index contributed by atoms with van der Waals surface area (Å²) in [7, 11) is 1.73. The lowest BCUT2D eigenvalue weighted by Gasteiger charge is -2.16. The van der Waals surface area contributed by atoms with Crippen LogP contribution in [0.25, 0.3) is 0 Å². The smallest absolute Gasteiger partial charge is 0.274 e. The van der Waals surface area contributed by atoms with Gasteiger partial charge in [-0.2, -0.15) is 16.4 Å². The molecule has 24 heavy (non-hydrogen) atoms. The highest BCUT2D eigenvalue weighted by atomic mass is 32.1. The van der Waals surface area contributed by atoms with Crippen LogP contribution in [0.2, 0.25) is 0 Å². The van der Waals surface area contributed by atoms with E-state index in [0.29, 0.717) is 13.1 Å². The number of aromatic nitrogens is 2. The summed E-state index contributed by atoms with van der Waals surface area (Å²) in [4.78, 5) is 26.1. The summed E-state index contributed by atoms with van der Waals surface area (Å²) in [6.07, 6.45) is 0. The Labute approximate surface area is 143 Å². The van der Waals surface area contributed by atoms with E-state index < -0.39 is 0 Å². The van der Waals surface area contributed by atoms with Gasteiger partial charge < -0.3 is 4.90 Å². The maximum atomic E-state index is 12.5. The first-order valence-electron chi connectivity index (χ1n) is 7.52. The fourth-order valence-corrected chi connectivity index (χ4v) is 3.02. The van der Waals surface area contributed by atoms with Crippen LogP contribution in [0, 0.1) is 0 Å². The molecule has 3 rings (SSSR count). The second-order valence-corrected chi connectivity index (χ2v) is 6.27. The number of thiophene rings is 1. The van der Waals surface area contributed by atoms with E-state index in [1.807, 2.05) is 47.2 Å². The molecule has 1 aromatic carbocycles. The van der Waals surface area contributed by atoms with Gasteiger partial charge in [-0.25, -0.2) is 4.68 Å². The fourth-order valence-electron chi connectivity index (χ4n) is 2.36. The molecule has 0 fully saturated rings. The van der Waals surface area contributed by atoms with Crippen LogP contribution in [0.1, 0.15) is 21.6 Å². The first-order valence-corrected chi connectivity index (χ1v) is 8.46. The van der Waals surface area contributed by atoms with Gasteiger partial charge in [0.15, 0.2) is 0 Å². The molecule has 0 bridgehead atoms. The number of amides is 1. The van der Waals surface area contributed by atoms with Gasteiger partial charge in [-0.15, -0.1) is 0 Å². The Morgan fingerprint density at radius 3 is 2.62 bits per heavy atom. The zero-order valence-corrected chi connectivity index (χ0v) is 14.1. The lowest BCUT2D eigenvalue weighted by molar-refractivity contribution is 0.0776. The molecule has 2 heterocycles. The highest BCUT2D eigenvalue weighted by Crippen LogP contribution is 2.10. The van der Waals surface area contributed by atoms with Crippen molar-refractivity contribution in [3.05, 3.63) is 86.5 Å². The van der Waals surface area contributed by atoms with Crippen molar-refractivity contribution in [1.29, 1.82) is 0 Å². The molecule has 0 atom stereocenters. The lowest BCUT2D eigenvalue weighted by atomic mass is 10.2. The summed E-state index contributed by atoms with van der Waals surface area (Å²) in [6, 6.07) is 14.4. The van der Waals surface area contributed by atoms with Gasteiger partial charge in [0, 0.05) is 19.7 Å². The van der Waals surface area contributed by atoms with Crippen molar-refractivity contribution in [1.82, 2.24) is 14.7 Å². The molecule has 0 radical (unpaired) electrons. The Hall–Kier alpha value is -2.73. The van der Waals surface area contributed by atoms with Gasteiger partial charge in [-0.1, -0.05) is 30.3 Å². The predicted molar refractivity (Wildman–Crippen MR) is 94.2 cm³/mol. The van der Waals surface area contributed by atoms with E-state index >= 15 is 0 Å². The fraction of sp³-hybridized carbons (Fsp3) is 0.167. The summed E-state index contributed by atoms with van der Waals surface area (Å²) >= 11 is 1.60. The third-order valence-corrected chi connectivity index (χ3v) is 4.34. The predicted octanol–water partition coefficient (Wildman–Crippen LogP) is 2.63. The van der Waals surface area contributed by atoms with E-state index in [2.05, 4.69) is 5.10 Å². The molecule has 0 aliphatic heterocycles. The molecule has 0 saturated carbocycles. The monoisotopic (exact) mass is 339 g/mol. The van der Waals surface area contributed by atoms with Crippen LogP contribution in [-0.2, 0) is 13.1 Å². The van der Waals surface area contributed by atoms with E-state index in [4.69, 9.17) is 0 Å². The van der Waals surface area contributed by atoms with E-state index in [-0.39, 0.29) is 17.2 Å². The van der Waals surface area contributed by atoms with E-state index in [1.165, 1.54) is 16.8 Å². The number of benzene rings is 1. The molecule has 0 aliphatic carbocycles. The second kappa shape index (κ2) is 7.23. The summed E-state index contributed by atoms with van der Waals surface area (Å²) in [6.45, 7) is 0.858. The van der Waals surface area contributed by atoms with Crippen molar-refractivity contribution in [3.8, 4) is 0 Å². The summed E-state index contributed by atoms with van der Waals surface area (Å²) in [5.74, 6) is -0.206. The molecular formula is C18H17N3O2S. The maximum absolute atomic E-state index is 12.5. The molecule has 0 spiro atoms. The van der Waals surface area contributed by atoms with Crippen LogP contribution < -0.4 is 5.56 Å². The van der Waals surface area contributed by atoms with E-state index in [0.717, 1.165) is 11.1 Å². The Kier molecular flexibility index (Phi) is 4.86. The van der Waals surface area contributed by atoms with Gasteiger partial charge in [0.25, 0.3) is 11.5 Å². The van der Waals surface area contributed by atoms with Gasteiger partial charge >= 0.3 is 0 Å². The minimum atomic E-state index is -0.226. The van der Waals surface area contributed by atoms with E-state index in [1.54, 1.807) is 23.3 Å². The van der Waals surface area contributed by atoms with Crippen molar-refractivity contribution in [3.63, 3.8) is 0 Å². The molecule has 6 heteroatoms. The highest BCUT2D eigenvalue weighted by molar-refractivity contribution is 7.07. The molecule has 0 N–H and O–H groups in total. The third-order valence-electron chi connectivity index (χ3n) is 3.61. The topological polar surface area (TPSA) is 55.2 Å². The van der Waals surface area contributed by atoms with Crippen LogP contribution in [0.5, 0.6) is 0 Å². The lowest BCUT2D eigenvalue weighted by Crippen LogP contribution is -2.31. The van der Waals surface area contributed by atoms with Crippen LogP contribution in [-0.4, -0.2) is 27.6 Å². The first kappa shape index (κ1) is 16.1. The molecular weight excluding hydrogens is 322 g/mol. The van der Waals surface area contributed by atoms with Gasteiger partial charge in [0.2, 0.25) is 0 Å². The second-order valence-electron chi connectivity index (χ2n) is 5.49. The molecule has 3 aromatic rings. The normalized spacial score (nSPS) is 10.5. The first-order chi connectivity index (χ1) is 11.6. The van der Waals surface area contributed by atoms with Crippen molar-refractivity contribution < 1.29 is 4.79 Å². The van der Waals surface area contributed by atoms with E-state index in [9.17, 15) is 9.59 Å². The Balaban J connectivity index is 1.79. The third kappa shape index (κ3) is 3.78. The summed E-state index contributed by atoms with van der Waals surface area (Å²) in [5.41, 5.74) is 2.08. The van der Waals surface area contributed by atoms with Crippen molar-refractivity contribution in [2.24, 2.45) is 0 Å². The Bertz CT molecular complexity index is 873. The molecule has 5 nitrogen and oxygen atoms in total. The Morgan fingerprint density at radius 2 is 1.92 bits per heavy atom. The molecule has 1 amide bonds. The zero-order valence-electron chi connectivity index (χ0n) is 13.3. The average Bonchev–Trinajstić information content (AvgIpc) is 3.10. The van der Waals surface area contributed by atoms with Gasteiger partial charge in [-0.3, -0.25) is 9.59 Å². The molecule has 0 saturated heterocycles. The van der Waals surface area contributed by atoms with Gasteiger partial charge in [0.05, 0.1) is 6.54 Å². The zero-order chi connectivity index (χ0) is 16.9. The van der Waals surface area contributed by atoms with Crippen LogP contribution in [0.15, 0.2) is 64.1 Å². The van der Waals surface area contributed by atoms with Gasteiger partial charge in [0.1, 0.15) is 5.69 Å². The minimum absolute atomic E-state index is 0.206. The van der Waals surface area contributed by atoms with Crippen LogP contribution >= 0.6 is 11.3 Å². The Morgan fingerprint density at radius 1 is 1.12 bits per heavy atom. The molecule has 0 unspecified atom stereocenters. The highest BCUT2D eigenvalue weighted by Gasteiger charge is 2.15. The number of hydrogen-bond donors (Lipinski definition) is 0. The largest absolute Gasteiger partial charge is 0.336 e. The van der Waals surface area contributed by atoms with Crippen molar-refractivity contribution in [2.75, 3.05) is 7.05 Å². The number of carbonyl (C=O) groups excluding carboxylic acids is 1. The van der Waals surface area contributed by atoms with Crippen LogP contribution in [0.3, 0.4) is 0 Å². The molecule has 0 aliphatic rings. The number of carbonyl (C=O) groups is 1. The number of nitrogens with zero attached hydrogens (tertiary/aromatic N) is 3. The molecule has 122 valence electrons. The summed E-state index contributed by atoms with van der Waals surface area (Å²) in [5, 5.41) is 8.22. The van der Waals surface area contributed by atoms with Crippen LogP contribution in [0.4, 0.5) is 0 Å².